The molecular formula is C11H21NO5S. The normalized spacial score (nSPS) is 15.8. The molecule has 0 saturated heterocycles. The van der Waals surface area contributed by atoms with E-state index in [1.54, 1.807) is 13.8 Å². The third-order valence-corrected chi connectivity index (χ3v) is 5.28. The van der Waals surface area contributed by atoms with Gasteiger partial charge in [-0.1, -0.05) is 20.3 Å². The van der Waals surface area contributed by atoms with Crippen LogP contribution in [0.2, 0.25) is 0 Å². The van der Waals surface area contributed by atoms with E-state index in [1.165, 1.54) is 13.8 Å². The van der Waals surface area contributed by atoms with Crippen LogP contribution in [0.15, 0.2) is 0 Å². The molecule has 6 nitrogen and oxygen atoms in total. The van der Waals surface area contributed by atoms with Crippen LogP contribution in [0.5, 0.6) is 0 Å². The largest absolute Gasteiger partial charge is 0.480 e. The molecule has 0 saturated carbocycles. The summed E-state index contributed by atoms with van der Waals surface area (Å²) in [6.07, 6.45) is 1.52. The van der Waals surface area contributed by atoms with Gasteiger partial charge in [-0.25, -0.2) is 13.2 Å². The lowest BCUT2D eigenvalue weighted by Crippen LogP contribution is -2.54. The Balaban J connectivity index is 5.10. The number of aliphatic carboxylic acids is 1. The molecule has 2 atom stereocenters. The molecular weight excluding hydrogens is 258 g/mol. The molecule has 0 aromatic rings. The third kappa shape index (κ3) is 3.69. The van der Waals surface area contributed by atoms with Gasteiger partial charge in [0.2, 0.25) is 5.91 Å². The molecule has 0 aliphatic rings. The highest BCUT2D eigenvalue weighted by atomic mass is 32.2. The van der Waals surface area contributed by atoms with Crippen LogP contribution < -0.4 is 5.32 Å². The smallest absolute Gasteiger partial charge is 0.326 e. The number of nitrogens with one attached hydrogen (secondary N) is 1. The van der Waals surface area contributed by atoms with E-state index in [4.69, 9.17) is 5.11 Å². The molecule has 0 unspecified atom stereocenters. The number of carbonyl (C=O) groups is 2. The summed E-state index contributed by atoms with van der Waals surface area (Å²) in [7, 11) is -3.61. The number of rotatable bonds is 6. The molecule has 0 fully saturated rings. The maximum atomic E-state index is 11.9. The summed E-state index contributed by atoms with van der Waals surface area (Å²) < 4.78 is 21.3. The van der Waals surface area contributed by atoms with E-state index in [0.29, 0.717) is 6.42 Å². The van der Waals surface area contributed by atoms with E-state index in [9.17, 15) is 18.0 Å². The molecule has 0 spiro atoms. The minimum absolute atomic E-state index is 0.276. The standard InChI is InChI=1S/C11H21NO5S/c1-6-7(2)8(9(13)14)12-10(15)11(3,4)18(5,16)17/h7-8H,6H2,1-5H3,(H,12,15)(H,13,14)/t7-,8-/m0/s1. The summed E-state index contributed by atoms with van der Waals surface area (Å²) in [4.78, 5) is 22.9. The van der Waals surface area contributed by atoms with E-state index in [0.717, 1.165) is 6.26 Å². The van der Waals surface area contributed by atoms with Gasteiger partial charge in [0.25, 0.3) is 0 Å². The zero-order valence-electron chi connectivity index (χ0n) is 11.4. The van der Waals surface area contributed by atoms with Crippen LogP contribution in [0.3, 0.4) is 0 Å². The van der Waals surface area contributed by atoms with Crippen molar-refractivity contribution in [3.8, 4) is 0 Å². The second-order valence-corrected chi connectivity index (χ2v) is 7.52. The van der Waals surface area contributed by atoms with Crippen LogP contribution in [-0.4, -0.2) is 42.4 Å². The van der Waals surface area contributed by atoms with Crippen LogP contribution in [0, 0.1) is 5.92 Å². The van der Waals surface area contributed by atoms with E-state index < -0.39 is 32.5 Å². The van der Waals surface area contributed by atoms with Crippen LogP contribution in [0.25, 0.3) is 0 Å². The average molecular weight is 279 g/mol. The highest BCUT2D eigenvalue weighted by Gasteiger charge is 2.40. The van der Waals surface area contributed by atoms with Gasteiger partial charge in [-0.3, -0.25) is 4.79 Å². The molecule has 0 heterocycles. The van der Waals surface area contributed by atoms with Gasteiger partial charge >= 0.3 is 5.97 Å². The summed E-state index contributed by atoms with van der Waals surface area (Å²) in [5.74, 6) is -2.23. The number of carbonyl (C=O) groups excluding carboxylic acids is 1. The first-order chi connectivity index (χ1) is 7.95. The first-order valence-electron chi connectivity index (χ1n) is 5.68. The Morgan fingerprint density at radius 1 is 1.33 bits per heavy atom. The third-order valence-electron chi connectivity index (χ3n) is 3.24. The highest BCUT2D eigenvalue weighted by molar-refractivity contribution is 7.92. The monoisotopic (exact) mass is 279 g/mol. The van der Waals surface area contributed by atoms with Crippen molar-refractivity contribution in [1.29, 1.82) is 0 Å². The zero-order valence-corrected chi connectivity index (χ0v) is 12.2. The number of sulfone groups is 1. The number of hydrogen-bond donors (Lipinski definition) is 2. The van der Waals surface area contributed by atoms with E-state index >= 15 is 0 Å². The molecule has 7 heteroatoms. The molecule has 106 valence electrons. The van der Waals surface area contributed by atoms with Crippen molar-refractivity contribution in [3.05, 3.63) is 0 Å². The molecule has 0 aromatic carbocycles. The first kappa shape index (κ1) is 16.9. The number of amides is 1. The quantitative estimate of drug-likeness (QED) is 0.734. The Hall–Kier alpha value is -1.11. The fraction of sp³-hybridized carbons (Fsp3) is 0.818. The van der Waals surface area contributed by atoms with E-state index in [2.05, 4.69) is 5.32 Å². The molecule has 0 radical (unpaired) electrons. The van der Waals surface area contributed by atoms with Crippen molar-refractivity contribution in [2.75, 3.05) is 6.26 Å². The Kier molecular flexibility index (Phi) is 5.34. The second kappa shape index (κ2) is 5.69. The van der Waals surface area contributed by atoms with Gasteiger partial charge in [-0.15, -0.1) is 0 Å². The van der Waals surface area contributed by atoms with Crippen molar-refractivity contribution in [2.45, 2.75) is 44.9 Å². The maximum Gasteiger partial charge on any atom is 0.326 e. The van der Waals surface area contributed by atoms with E-state index in [1.807, 2.05) is 0 Å². The first-order valence-corrected chi connectivity index (χ1v) is 7.57. The lowest BCUT2D eigenvalue weighted by Gasteiger charge is -2.26. The average Bonchev–Trinajstić information content (AvgIpc) is 2.22. The minimum atomic E-state index is -3.61. The van der Waals surface area contributed by atoms with Gasteiger partial charge < -0.3 is 10.4 Å². The Morgan fingerprint density at radius 3 is 2.06 bits per heavy atom. The van der Waals surface area contributed by atoms with Gasteiger partial charge in [0, 0.05) is 6.26 Å². The van der Waals surface area contributed by atoms with Crippen LogP contribution >= 0.6 is 0 Å². The molecule has 1 amide bonds. The molecule has 0 bridgehead atoms. The summed E-state index contributed by atoms with van der Waals surface area (Å²) in [6, 6.07) is -1.08. The van der Waals surface area contributed by atoms with Crippen molar-refractivity contribution >= 4 is 21.7 Å². The zero-order chi connectivity index (χ0) is 14.7. The Bertz CT molecular complexity index is 427. The van der Waals surface area contributed by atoms with E-state index in [-0.39, 0.29) is 5.92 Å². The minimum Gasteiger partial charge on any atom is -0.480 e. The van der Waals surface area contributed by atoms with Crippen molar-refractivity contribution in [1.82, 2.24) is 5.32 Å². The molecule has 0 aliphatic heterocycles. The van der Waals surface area contributed by atoms with Crippen molar-refractivity contribution in [3.63, 3.8) is 0 Å². The van der Waals surface area contributed by atoms with Crippen LogP contribution in [0.4, 0.5) is 0 Å². The predicted octanol–water partition coefficient (Wildman–Crippen LogP) is 0.425. The lowest BCUT2D eigenvalue weighted by molar-refractivity contribution is -0.143. The lowest BCUT2D eigenvalue weighted by atomic mass is 9.98. The SMILES string of the molecule is CC[C@H](C)[C@H](NC(=O)C(C)(C)S(C)(=O)=O)C(=O)O. The molecule has 0 aromatic heterocycles. The summed E-state index contributed by atoms with van der Waals surface area (Å²) in [5, 5.41) is 11.3. The fourth-order valence-corrected chi connectivity index (χ4v) is 1.56. The summed E-state index contributed by atoms with van der Waals surface area (Å²) >= 11 is 0. The van der Waals surface area contributed by atoms with Gasteiger partial charge in [0.05, 0.1) is 0 Å². The predicted molar refractivity (Wildman–Crippen MR) is 67.9 cm³/mol. The van der Waals surface area contributed by atoms with Gasteiger partial charge in [0.1, 0.15) is 10.8 Å². The van der Waals surface area contributed by atoms with Crippen LogP contribution in [-0.2, 0) is 19.4 Å². The fourth-order valence-electron chi connectivity index (χ4n) is 1.17. The van der Waals surface area contributed by atoms with Gasteiger partial charge in [-0.2, -0.15) is 0 Å². The molecule has 0 aliphatic carbocycles. The van der Waals surface area contributed by atoms with Gasteiger partial charge in [-0.05, 0) is 19.8 Å². The number of carboxylic acid groups (broad SMARTS) is 1. The number of hydrogen-bond acceptors (Lipinski definition) is 4. The van der Waals surface area contributed by atoms with Crippen LogP contribution in [0.1, 0.15) is 34.1 Å². The topological polar surface area (TPSA) is 101 Å². The second-order valence-electron chi connectivity index (χ2n) is 4.96. The summed E-state index contributed by atoms with van der Waals surface area (Å²) in [5.41, 5.74) is 0. The van der Waals surface area contributed by atoms with Crippen molar-refractivity contribution < 1.29 is 23.1 Å². The molecule has 18 heavy (non-hydrogen) atoms. The molecule has 0 rings (SSSR count). The maximum absolute atomic E-state index is 11.9. The van der Waals surface area contributed by atoms with Crippen molar-refractivity contribution in [2.24, 2.45) is 5.92 Å². The highest BCUT2D eigenvalue weighted by Crippen LogP contribution is 2.17. The number of carboxylic acids is 1. The summed E-state index contributed by atoms with van der Waals surface area (Å²) in [6.45, 7) is 6.00. The van der Waals surface area contributed by atoms with Gasteiger partial charge in [0.15, 0.2) is 9.84 Å². The molecule has 2 N–H and O–H groups in total. The Labute approximate surface area is 108 Å². The Morgan fingerprint density at radius 2 is 1.78 bits per heavy atom.